The lowest BCUT2D eigenvalue weighted by Gasteiger charge is -2.30. The van der Waals surface area contributed by atoms with E-state index in [2.05, 4.69) is 36.9 Å². The number of hydrogen-bond acceptors (Lipinski definition) is 14. The summed E-state index contributed by atoms with van der Waals surface area (Å²) in [4.78, 5) is 125. The standard InChI is InChI=1S/C44H62N12O11S2/c1-25-38(61)54-32(21-35(45)58)41(64)55-33(43(66)56-17-6-10-34(56)42(65)53-30(9-5-16-49-44(47)48)39(62)50-22-36(46)59)24-69-68-18-15-37(60)52-31(20-27-11-13-29(57)14-12-27)40(63)51-28(23-67-25)19-26-7-3-2-4-8-26/h2-4,7-8,11-14,25,28,30-34,57H,5-6,9-10,15-24H2,1H3,(H2,45,58)(H2,46,59)(H,50,62)(H,51,63)(H,52,60)(H,53,65)(H,54,61)(H,55,64)(H4,47,48,49)/t25-,28-,30+,31?,32+,33+,34-/m0/s1. The van der Waals surface area contributed by atoms with E-state index in [1.165, 1.54) is 34.8 Å². The van der Waals surface area contributed by atoms with Gasteiger partial charge in [-0.1, -0.05) is 64.1 Å². The van der Waals surface area contributed by atoms with Gasteiger partial charge in [-0.15, -0.1) is 0 Å². The van der Waals surface area contributed by atoms with Gasteiger partial charge in [0.25, 0.3) is 0 Å². The van der Waals surface area contributed by atoms with Crippen LogP contribution in [0.4, 0.5) is 0 Å². The maximum Gasteiger partial charge on any atom is 0.249 e. The number of aliphatic imine (C=N–C) groups is 1. The highest BCUT2D eigenvalue weighted by Gasteiger charge is 2.40. The molecule has 0 spiro atoms. The molecule has 2 aromatic carbocycles. The van der Waals surface area contributed by atoms with Crippen molar-refractivity contribution in [2.45, 2.75) is 101 Å². The molecular formula is C44H62N12O11S2. The van der Waals surface area contributed by atoms with Gasteiger partial charge in [-0.2, -0.15) is 0 Å². The minimum absolute atomic E-state index is 0.0219. The SMILES string of the molecule is C[C@@H]1OC[C@H](Cc2ccccc2)NC(=O)C(Cc2ccc(O)cc2)NC(=O)CCSSC[C@H](C(=O)N2CCC[C@H]2C(=O)N[C@H](CCCN=C(N)N)C(=O)NCC(N)=O)NC(=O)[C@@H](CC(N)=O)NC1=O. The molecule has 2 fully saturated rings. The minimum atomic E-state index is -1.57. The zero-order chi connectivity index (χ0) is 50.5. The molecule has 1 unspecified atom stereocenters. The lowest BCUT2D eigenvalue weighted by Crippen LogP contribution is -2.59. The molecule has 4 rings (SSSR count). The average Bonchev–Trinajstić information content (AvgIpc) is 3.80. The third-order valence-corrected chi connectivity index (χ3v) is 13.3. The first-order valence-corrected chi connectivity index (χ1v) is 24.8. The molecule has 0 bridgehead atoms. The van der Waals surface area contributed by atoms with Crippen LogP contribution < -0.4 is 54.8 Å². The van der Waals surface area contributed by atoms with Crippen LogP contribution in [-0.2, 0) is 60.7 Å². The van der Waals surface area contributed by atoms with Crippen LogP contribution in [0.25, 0.3) is 0 Å². The van der Waals surface area contributed by atoms with E-state index >= 15 is 0 Å². The molecule has 0 saturated carbocycles. The number of guanidine groups is 1. The Labute approximate surface area is 406 Å². The van der Waals surface area contributed by atoms with Gasteiger partial charge in [-0.25, -0.2) is 0 Å². The molecule has 0 aromatic heterocycles. The van der Waals surface area contributed by atoms with Crippen LogP contribution in [-0.4, -0.2) is 149 Å². The molecule has 376 valence electrons. The second-order valence-corrected chi connectivity index (χ2v) is 19.0. The van der Waals surface area contributed by atoms with Crippen molar-refractivity contribution in [3.8, 4) is 5.75 Å². The summed E-state index contributed by atoms with van der Waals surface area (Å²) in [5.41, 5.74) is 23.0. The number of ether oxygens (including phenoxy) is 1. The number of carbonyl (C=O) groups excluding carboxylic acids is 9. The molecule has 2 aliphatic rings. The van der Waals surface area contributed by atoms with Crippen LogP contribution in [0.2, 0.25) is 0 Å². The third-order valence-electron chi connectivity index (χ3n) is 10.9. The molecule has 2 heterocycles. The molecule has 69 heavy (non-hydrogen) atoms. The van der Waals surface area contributed by atoms with Gasteiger partial charge in [0.2, 0.25) is 53.2 Å². The van der Waals surface area contributed by atoms with E-state index in [1.54, 1.807) is 12.1 Å². The predicted molar refractivity (Wildman–Crippen MR) is 257 cm³/mol. The van der Waals surface area contributed by atoms with E-state index in [4.69, 9.17) is 27.7 Å². The first-order valence-electron chi connectivity index (χ1n) is 22.3. The number of primary amides is 2. The molecular weight excluding hydrogens is 937 g/mol. The maximum atomic E-state index is 14.4. The first-order chi connectivity index (χ1) is 32.9. The number of phenolic OH excluding ortho intramolecular Hbond substituents is 1. The molecule has 25 heteroatoms. The van der Waals surface area contributed by atoms with Crippen molar-refractivity contribution in [3.63, 3.8) is 0 Å². The summed E-state index contributed by atoms with van der Waals surface area (Å²) >= 11 is 0. The van der Waals surface area contributed by atoms with Gasteiger partial charge in [0.1, 0.15) is 42.1 Å². The fourth-order valence-electron chi connectivity index (χ4n) is 7.33. The number of amides is 9. The number of likely N-dealkylation sites (tertiary alicyclic amines) is 1. The molecule has 9 amide bonds. The number of nitrogens with zero attached hydrogens (tertiary/aromatic N) is 2. The summed E-state index contributed by atoms with van der Waals surface area (Å²) in [5.74, 6) is -6.67. The average molecular weight is 999 g/mol. The Bertz CT molecular complexity index is 2150. The number of phenols is 1. The lowest BCUT2D eigenvalue weighted by molar-refractivity contribution is -0.142. The minimum Gasteiger partial charge on any atom is -0.508 e. The second-order valence-electron chi connectivity index (χ2n) is 16.4. The van der Waals surface area contributed by atoms with Crippen molar-refractivity contribution in [3.05, 3.63) is 65.7 Å². The Hall–Kier alpha value is -6.60. The van der Waals surface area contributed by atoms with Crippen molar-refractivity contribution in [2.24, 2.45) is 27.9 Å². The Morgan fingerprint density at radius 2 is 1.55 bits per heavy atom. The third kappa shape index (κ3) is 19.1. The molecule has 15 N–H and O–H groups in total. The molecule has 7 atom stereocenters. The van der Waals surface area contributed by atoms with Gasteiger partial charge in [-0.3, -0.25) is 48.1 Å². The molecule has 23 nitrogen and oxygen atoms in total. The van der Waals surface area contributed by atoms with Crippen molar-refractivity contribution < 1.29 is 53.0 Å². The van der Waals surface area contributed by atoms with Gasteiger partial charge in [0, 0.05) is 37.4 Å². The zero-order valence-corrected chi connectivity index (χ0v) is 39.8. The number of aromatic hydroxyl groups is 1. The van der Waals surface area contributed by atoms with Crippen LogP contribution >= 0.6 is 21.6 Å². The van der Waals surface area contributed by atoms with Crippen LogP contribution in [0.3, 0.4) is 0 Å². The van der Waals surface area contributed by atoms with Crippen molar-refractivity contribution >= 4 is 80.7 Å². The summed E-state index contributed by atoms with van der Waals surface area (Å²) < 4.78 is 5.95. The Morgan fingerprint density at radius 3 is 2.23 bits per heavy atom. The lowest BCUT2D eigenvalue weighted by atomic mass is 10.0. The highest BCUT2D eigenvalue weighted by atomic mass is 33.1. The first kappa shape index (κ1) is 55.0. The smallest absolute Gasteiger partial charge is 0.249 e. The topological polar surface area (TPSA) is 375 Å². The molecule has 2 aliphatic heterocycles. The van der Waals surface area contributed by atoms with Crippen LogP contribution in [0.5, 0.6) is 5.75 Å². The fraction of sp³-hybridized carbons (Fsp3) is 0.500. The van der Waals surface area contributed by atoms with Gasteiger partial charge in [-0.05, 0) is 62.3 Å². The van der Waals surface area contributed by atoms with E-state index in [-0.39, 0.29) is 81.4 Å². The van der Waals surface area contributed by atoms with Crippen molar-refractivity contribution in [2.75, 3.05) is 37.7 Å². The number of carbonyl (C=O) groups is 9. The van der Waals surface area contributed by atoms with Crippen molar-refractivity contribution in [1.82, 2.24) is 36.8 Å². The van der Waals surface area contributed by atoms with Gasteiger partial charge < -0.3 is 69.6 Å². The van der Waals surface area contributed by atoms with Gasteiger partial charge in [0.15, 0.2) is 5.96 Å². The maximum absolute atomic E-state index is 14.4. The van der Waals surface area contributed by atoms with Gasteiger partial charge >= 0.3 is 0 Å². The normalized spacial score (nSPS) is 22.6. The largest absolute Gasteiger partial charge is 0.508 e. The molecule has 2 saturated heterocycles. The molecule has 2 aromatic rings. The summed E-state index contributed by atoms with van der Waals surface area (Å²) in [6, 6.07) is 8.39. The predicted octanol–water partition coefficient (Wildman–Crippen LogP) is -2.69. The van der Waals surface area contributed by atoms with E-state index < -0.39 is 108 Å². The van der Waals surface area contributed by atoms with E-state index in [1.807, 2.05) is 30.3 Å². The molecule has 0 aliphatic carbocycles. The quantitative estimate of drug-likeness (QED) is 0.0353. The van der Waals surface area contributed by atoms with E-state index in [0.29, 0.717) is 12.0 Å². The number of rotatable bonds is 16. The monoisotopic (exact) mass is 998 g/mol. The summed E-state index contributed by atoms with van der Waals surface area (Å²) in [7, 11) is 2.32. The van der Waals surface area contributed by atoms with E-state index in [9.17, 15) is 48.3 Å². The van der Waals surface area contributed by atoms with Crippen LogP contribution in [0.15, 0.2) is 59.6 Å². The van der Waals surface area contributed by atoms with Gasteiger partial charge in [0.05, 0.1) is 25.6 Å². The Kier molecular flexibility index (Phi) is 22.3. The highest BCUT2D eigenvalue weighted by molar-refractivity contribution is 8.76. The Morgan fingerprint density at radius 1 is 0.855 bits per heavy atom. The summed E-state index contributed by atoms with van der Waals surface area (Å²) in [6.07, 6.45) is -0.757. The number of nitrogens with one attached hydrogen (secondary N) is 6. The fourth-order valence-corrected chi connectivity index (χ4v) is 9.47. The second kappa shape index (κ2) is 28.0. The van der Waals surface area contributed by atoms with Crippen LogP contribution in [0, 0.1) is 0 Å². The summed E-state index contributed by atoms with van der Waals surface area (Å²) in [5, 5.41) is 25.8. The molecule has 0 radical (unpaired) electrons. The number of hydrogen-bond donors (Lipinski definition) is 11. The van der Waals surface area contributed by atoms with E-state index in [0.717, 1.165) is 16.4 Å². The van der Waals surface area contributed by atoms with Crippen LogP contribution in [0.1, 0.15) is 56.6 Å². The highest BCUT2D eigenvalue weighted by Crippen LogP contribution is 2.26. The van der Waals surface area contributed by atoms with Crippen molar-refractivity contribution in [1.29, 1.82) is 0 Å². The Balaban J connectivity index is 1.59. The zero-order valence-electron chi connectivity index (χ0n) is 38.2. The summed E-state index contributed by atoms with van der Waals surface area (Å²) in [6.45, 7) is 0.930. The number of nitrogens with two attached hydrogens (primary N) is 4. The number of benzene rings is 2.